The summed E-state index contributed by atoms with van der Waals surface area (Å²) >= 11 is 0. The number of methoxy groups -OCH3 is 3. The van der Waals surface area contributed by atoms with Crippen LogP contribution in [-0.2, 0) is 4.79 Å². The first kappa shape index (κ1) is 23.1. The highest BCUT2D eigenvalue weighted by atomic mass is 16.5. The molecule has 34 heavy (non-hydrogen) atoms. The van der Waals surface area contributed by atoms with Gasteiger partial charge in [-0.2, -0.15) is 0 Å². The number of nitrogens with zero attached hydrogens (tertiary/aromatic N) is 2. The van der Waals surface area contributed by atoms with E-state index in [1.54, 1.807) is 49.7 Å². The Balaban J connectivity index is 1.89. The van der Waals surface area contributed by atoms with Gasteiger partial charge in [0.25, 0.3) is 5.91 Å². The Morgan fingerprint density at radius 3 is 2.35 bits per heavy atom. The molecule has 4 rings (SSSR count). The van der Waals surface area contributed by atoms with Gasteiger partial charge in [0.2, 0.25) is 5.91 Å². The number of amides is 2. The van der Waals surface area contributed by atoms with Gasteiger partial charge in [0, 0.05) is 25.0 Å². The van der Waals surface area contributed by atoms with E-state index in [1.165, 1.54) is 14.2 Å². The molecule has 1 aliphatic rings. The summed E-state index contributed by atoms with van der Waals surface area (Å²) in [6, 6.07) is 12.0. The average Bonchev–Trinajstić information content (AvgIpc) is 2.85. The molecule has 0 aliphatic carbocycles. The molecule has 1 N–H and O–H groups in total. The van der Waals surface area contributed by atoms with Gasteiger partial charge in [-0.1, -0.05) is 12.1 Å². The molecule has 0 saturated heterocycles. The van der Waals surface area contributed by atoms with Gasteiger partial charge in [0.05, 0.1) is 39.0 Å². The Kier molecular flexibility index (Phi) is 6.40. The second-order valence-corrected chi connectivity index (χ2v) is 8.11. The van der Waals surface area contributed by atoms with Crippen LogP contribution in [0.2, 0.25) is 0 Å². The van der Waals surface area contributed by atoms with E-state index in [0.717, 1.165) is 11.1 Å². The summed E-state index contributed by atoms with van der Waals surface area (Å²) in [6.07, 6.45) is 3.33. The van der Waals surface area contributed by atoms with Crippen LogP contribution in [0.15, 0.2) is 54.9 Å². The van der Waals surface area contributed by atoms with E-state index in [0.29, 0.717) is 34.1 Å². The van der Waals surface area contributed by atoms with Crippen LogP contribution >= 0.6 is 0 Å². The maximum absolute atomic E-state index is 13.9. The van der Waals surface area contributed by atoms with Gasteiger partial charge in [-0.3, -0.25) is 14.6 Å². The smallest absolute Gasteiger partial charge is 0.254 e. The quantitative estimate of drug-likeness (QED) is 0.598. The maximum Gasteiger partial charge on any atom is 0.254 e. The minimum absolute atomic E-state index is 0.220. The van der Waals surface area contributed by atoms with Crippen molar-refractivity contribution in [3.63, 3.8) is 0 Å². The molecule has 2 amide bonds. The molecule has 2 atom stereocenters. The topological polar surface area (TPSA) is 90.0 Å². The number of aryl methyl sites for hydroxylation is 1. The molecule has 1 aliphatic heterocycles. The van der Waals surface area contributed by atoms with Crippen LogP contribution in [0.4, 0.5) is 5.69 Å². The number of benzene rings is 2. The Labute approximate surface area is 198 Å². The summed E-state index contributed by atoms with van der Waals surface area (Å²) in [4.78, 5) is 33.1. The van der Waals surface area contributed by atoms with E-state index >= 15 is 0 Å². The van der Waals surface area contributed by atoms with E-state index in [2.05, 4.69) is 10.3 Å². The standard InChI is InChI=1S/C26H27N3O5/c1-15-8-9-20(32-3)19(11-15)28-25(30)23-17-12-21(33-4)22(34-5)13-18(17)26(31)29(2)24(23)16-7-6-10-27-14-16/h6-14,23-24H,1-5H3,(H,28,30)/t23-,24+/m0/s1. The van der Waals surface area contributed by atoms with Gasteiger partial charge < -0.3 is 24.4 Å². The van der Waals surface area contributed by atoms with Gasteiger partial charge in [-0.25, -0.2) is 0 Å². The molecule has 3 aromatic rings. The predicted molar refractivity (Wildman–Crippen MR) is 128 cm³/mol. The number of hydrogen-bond acceptors (Lipinski definition) is 6. The number of carbonyl (C=O) groups excluding carboxylic acids is 2. The lowest BCUT2D eigenvalue weighted by Gasteiger charge is -2.40. The van der Waals surface area contributed by atoms with Gasteiger partial charge in [0.15, 0.2) is 11.5 Å². The third-order valence-corrected chi connectivity index (χ3v) is 6.10. The predicted octanol–water partition coefficient (Wildman–Crippen LogP) is 3.97. The van der Waals surface area contributed by atoms with E-state index in [9.17, 15) is 9.59 Å². The minimum Gasteiger partial charge on any atom is -0.495 e. The van der Waals surface area contributed by atoms with Crippen LogP contribution in [0, 0.1) is 6.92 Å². The number of likely N-dealkylation sites (N-methyl/N-ethyl adjacent to an activating group) is 1. The number of hydrogen-bond donors (Lipinski definition) is 1. The van der Waals surface area contributed by atoms with Crippen molar-refractivity contribution in [2.75, 3.05) is 33.7 Å². The van der Waals surface area contributed by atoms with Gasteiger partial charge in [-0.05, 0) is 53.9 Å². The van der Waals surface area contributed by atoms with Crippen LogP contribution in [0.3, 0.4) is 0 Å². The Morgan fingerprint density at radius 2 is 1.71 bits per heavy atom. The number of nitrogens with one attached hydrogen (secondary N) is 1. The molecule has 0 fully saturated rings. The summed E-state index contributed by atoms with van der Waals surface area (Å²) in [7, 11) is 6.27. The number of aromatic nitrogens is 1. The first-order valence-corrected chi connectivity index (χ1v) is 10.8. The highest BCUT2D eigenvalue weighted by Gasteiger charge is 2.44. The molecule has 2 aromatic carbocycles. The van der Waals surface area contributed by atoms with E-state index in [-0.39, 0.29) is 11.8 Å². The monoisotopic (exact) mass is 461 g/mol. The van der Waals surface area contributed by atoms with Crippen LogP contribution < -0.4 is 19.5 Å². The SMILES string of the molecule is COc1ccc(C)cc1NC(=O)[C@H]1c2cc(OC)c(OC)cc2C(=O)N(C)[C@@H]1c1cccnc1. The fourth-order valence-electron chi connectivity index (χ4n) is 4.43. The van der Waals surface area contributed by atoms with Crippen molar-refractivity contribution in [3.05, 3.63) is 77.1 Å². The summed E-state index contributed by atoms with van der Waals surface area (Å²) < 4.78 is 16.3. The lowest BCUT2D eigenvalue weighted by Crippen LogP contribution is -2.44. The third kappa shape index (κ3) is 4.03. The molecule has 0 bridgehead atoms. The molecule has 8 nitrogen and oxygen atoms in total. The van der Waals surface area contributed by atoms with Crippen LogP contribution in [0.1, 0.15) is 39.0 Å². The lowest BCUT2D eigenvalue weighted by molar-refractivity contribution is -0.119. The normalized spacial score (nSPS) is 17.1. The van der Waals surface area contributed by atoms with E-state index in [4.69, 9.17) is 14.2 Å². The highest BCUT2D eigenvalue weighted by Crippen LogP contribution is 2.46. The Hall–Kier alpha value is -4.07. The summed E-state index contributed by atoms with van der Waals surface area (Å²) in [5.41, 5.74) is 3.21. The van der Waals surface area contributed by atoms with Crippen molar-refractivity contribution in [3.8, 4) is 17.2 Å². The molecule has 2 heterocycles. The summed E-state index contributed by atoms with van der Waals surface area (Å²) in [6.45, 7) is 1.94. The molecular formula is C26H27N3O5. The summed E-state index contributed by atoms with van der Waals surface area (Å²) in [5, 5.41) is 3.02. The van der Waals surface area contributed by atoms with Crippen molar-refractivity contribution in [2.45, 2.75) is 18.9 Å². The Morgan fingerprint density at radius 1 is 1.00 bits per heavy atom. The maximum atomic E-state index is 13.9. The first-order chi connectivity index (χ1) is 16.4. The van der Waals surface area contributed by atoms with Gasteiger partial charge in [-0.15, -0.1) is 0 Å². The largest absolute Gasteiger partial charge is 0.495 e. The van der Waals surface area contributed by atoms with Crippen molar-refractivity contribution >= 4 is 17.5 Å². The van der Waals surface area contributed by atoms with Gasteiger partial charge in [0.1, 0.15) is 5.75 Å². The fourth-order valence-corrected chi connectivity index (χ4v) is 4.43. The Bertz CT molecular complexity index is 1230. The van der Waals surface area contributed by atoms with Crippen LogP contribution in [0.5, 0.6) is 17.2 Å². The third-order valence-electron chi connectivity index (χ3n) is 6.10. The van der Waals surface area contributed by atoms with Crippen molar-refractivity contribution in [2.24, 2.45) is 0 Å². The number of fused-ring (bicyclic) bond motifs is 1. The second kappa shape index (κ2) is 9.43. The number of rotatable bonds is 6. The zero-order valence-corrected chi connectivity index (χ0v) is 19.8. The van der Waals surface area contributed by atoms with Crippen LogP contribution in [-0.4, -0.2) is 50.1 Å². The van der Waals surface area contributed by atoms with Gasteiger partial charge >= 0.3 is 0 Å². The van der Waals surface area contributed by atoms with Crippen molar-refractivity contribution in [1.29, 1.82) is 0 Å². The zero-order chi connectivity index (χ0) is 24.4. The molecule has 0 spiro atoms. The molecule has 0 saturated carbocycles. The minimum atomic E-state index is -0.744. The lowest BCUT2D eigenvalue weighted by atomic mass is 9.79. The molecule has 8 heteroatoms. The molecule has 0 unspecified atom stereocenters. The summed E-state index contributed by atoms with van der Waals surface area (Å²) in [5.74, 6) is 0.154. The van der Waals surface area contributed by atoms with E-state index in [1.807, 2.05) is 31.2 Å². The molecule has 0 radical (unpaired) electrons. The van der Waals surface area contributed by atoms with E-state index < -0.39 is 12.0 Å². The molecule has 1 aromatic heterocycles. The molecule has 176 valence electrons. The van der Waals surface area contributed by atoms with Crippen molar-refractivity contribution < 1.29 is 23.8 Å². The number of ether oxygens (including phenoxy) is 3. The second-order valence-electron chi connectivity index (χ2n) is 8.11. The number of pyridine rings is 1. The van der Waals surface area contributed by atoms with Crippen LogP contribution in [0.25, 0.3) is 0 Å². The van der Waals surface area contributed by atoms with Crippen molar-refractivity contribution in [1.82, 2.24) is 9.88 Å². The zero-order valence-electron chi connectivity index (χ0n) is 19.8. The molecular weight excluding hydrogens is 434 g/mol. The number of anilines is 1. The number of carbonyl (C=O) groups is 2. The average molecular weight is 462 g/mol. The highest BCUT2D eigenvalue weighted by molar-refractivity contribution is 6.05. The first-order valence-electron chi connectivity index (χ1n) is 10.8. The fraction of sp³-hybridized carbons (Fsp3) is 0.269.